The molecule has 0 atom stereocenters. The zero-order valence-electron chi connectivity index (χ0n) is 5.53. The van der Waals surface area contributed by atoms with Crippen LogP contribution in [0.4, 0.5) is 0 Å². The maximum atomic E-state index is 2.21. The Morgan fingerprint density at radius 2 is 1.80 bits per heavy atom. The van der Waals surface area contributed by atoms with E-state index < -0.39 is 0 Å². The number of hydrogen-bond acceptors (Lipinski definition) is 0. The van der Waals surface area contributed by atoms with E-state index in [9.17, 15) is 0 Å². The monoisotopic (exact) mass is 278 g/mol. The van der Waals surface area contributed by atoms with E-state index in [2.05, 4.69) is 6.92 Å². The van der Waals surface area contributed by atoms with Crippen molar-refractivity contribution >= 4 is 22.5 Å². The van der Waals surface area contributed by atoms with E-state index in [1.165, 1.54) is 3.93 Å². The Morgan fingerprint density at radius 1 is 1.80 bits per heavy atom. The molecule has 0 aliphatic carbocycles. The predicted molar refractivity (Wildman–Crippen MR) is 25.7 cm³/mol. The molecule has 0 fully saturated rings. The van der Waals surface area contributed by atoms with Crippen LogP contribution in [0.2, 0.25) is 3.93 Å². The third kappa shape index (κ3) is 32.0. The van der Waals surface area contributed by atoms with E-state index in [1.807, 2.05) is 0 Å². The fourth-order valence-electron chi connectivity index (χ4n) is 0. The smallest absolute Gasteiger partial charge is 1.00 e. The van der Waals surface area contributed by atoms with E-state index in [4.69, 9.17) is 0 Å². The molecule has 0 aromatic carbocycles. The molecule has 0 nitrogen and oxygen atoms in total. The van der Waals surface area contributed by atoms with Crippen molar-refractivity contribution < 1.29 is 29.0 Å². The van der Waals surface area contributed by atoms with Crippen LogP contribution in [0.3, 0.4) is 0 Å². The molecule has 27 valence electrons. The molecule has 0 N–H and O–H groups in total. The summed E-state index contributed by atoms with van der Waals surface area (Å²) in [6.07, 6.45) is 0. The van der Waals surface area contributed by atoms with Gasteiger partial charge in [0.05, 0.1) is 0 Å². The van der Waals surface area contributed by atoms with Crippen molar-refractivity contribution in [1.82, 2.24) is 0 Å². The van der Waals surface area contributed by atoms with E-state index in [0.29, 0.717) is 0 Å². The van der Waals surface area contributed by atoms with Crippen LogP contribution in [-0.2, 0) is 26.1 Å². The minimum atomic E-state index is 0. The van der Waals surface area contributed by atoms with Crippen molar-refractivity contribution in [3.63, 3.8) is 0 Å². The minimum absolute atomic E-state index is 0. The molecule has 3 heteroatoms. The largest absolute Gasteiger partial charge is 2.00 e. The molecule has 0 spiro atoms. The van der Waals surface area contributed by atoms with Crippen molar-refractivity contribution in [2.45, 2.75) is 10.9 Å². The van der Waals surface area contributed by atoms with Crippen molar-refractivity contribution in [2.75, 3.05) is 0 Å². The summed E-state index contributed by atoms with van der Waals surface area (Å²) in [6, 6.07) is 0. The molecule has 0 aliphatic heterocycles. The van der Waals surface area contributed by atoms with E-state index >= 15 is 0 Å². The second-order valence-electron chi connectivity index (χ2n) is 0.500. The maximum absolute atomic E-state index is 2.21. The first kappa shape index (κ1) is 16.2. The van der Waals surface area contributed by atoms with Crippen LogP contribution < -0.4 is 0 Å². The first-order valence-corrected chi connectivity index (χ1v) is 5.09. The first-order chi connectivity index (χ1) is 1.41. The summed E-state index contributed by atoms with van der Waals surface area (Å²) >= 11 is 1.07. The Balaban J connectivity index is -0.00000000333. The van der Waals surface area contributed by atoms with Crippen LogP contribution in [-0.4, -0.2) is 10.1 Å². The number of halogens is 1. The van der Waals surface area contributed by atoms with E-state index in [0.717, 1.165) is 26.1 Å². The van der Waals surface area contributed by atoms with Crippen molar-refractivity contribution in [2.24, 2.45) is 0 Å². The Kier molecular flexibility index (Phi) is 58.7. The fraction of sp³-hybridized carbons (Fsp3) is 1.00. The minimum Gasteiger partial charge on any atom is -1.00 e. The van der Waals surface area contributed by atoms with Gasteiger partial charge in [0.15, 0.2) is 0 Å². The molecule has 0 aromatic heterocycles. The summed E-state index contributed by atoms with van der Waals surface area (Å²) in [7, 11) is 0. The Labute approximate surface area is 62.3 Å². The van der Waals surface area contributed by atoms with Crippen LogP contribution in [0.15, 0.2) is 0 Å². The second-order valence-corrected chi connectivity index (χ2v) is 4.39. The van der Waals surface area contributed by atoms with Gasteiger partial charge in [0.1, 0.15) is 0 Å². The van der Waals surface area contributed by atoms with Gasteiger partial charge in [-0.2, -0.15) is 0 Å². The van der Waals surface area contributed by atoms with E-state index in [-0.39, 0.29) is 25.4 Å². The van der Waals surface area contributed by atoms with Gasteiger partial charge in [-0.3, -0.25) is 0 Å². The molecular formula is C2H8BeClHg. The zero-order valence-corrected chi connectivity index (χ0v) is 9.84. The Bertz CT molecular complexity index is 15.7. The zero-order chi connectivity index (χ0) is 2.71. The second kappa shape index (κ2) is 18.2. The molecule has 5 heavy (non-hydrogen) atoms. The van der Waals surface area contributed by atoms with Gasteiger partial charge in [0, 0.05) is 0 Å². The molecule has 0 heterocycles. The molecule has 0 saturated carbocycles. The summed E-state index contributed by atoms with van der Waals surface area (Å²) in [5, 5.41) is 0. The SMILES string of the molecule is C[CH2][Hg].Cl.[Be+2].[H-].[H-]. The van der Waals surface area contributed by atoms with E-state index in [1.54, 1.807) is 0 Å². The van der Waals surface area contributed by atoms with Crippen molar-refractivity contribution in [3.8, 4) is 0 Å². The number of rotatable bonds is 0. The average molecular weight is 277 g/mol. The van der Waals surface area contributed by atoms with Gasteiger partial charge in [0.2, 0.25) is 0 Å². The normalized spacial score (nSPS) is 3.80. The molecule has 0 bridgehead atoms. The summed E-state index contributed by atoms with van der Waals surface area (Å²) in [6.45, 7) is 2.21. The van der Waals surface area contributed by atoms with Crippen LogP contribution in [0.25, 0.3) is 0 Å². The quantitative estimate of drug-likeness (QED) is 0.584. The van der Waals surface area contributed by atoms with Gasteiger partial charge < -0.3 is 2.85 Å². The van der Waals surface area contributed by atoms with Crippen LogP contribution in [0.1, 0.15) is 9.78 Å². The fourth-order valence-corrected chi connectivity index (χ4v) is 0. The van der Waals surface area contributed by atoms with Gasteiger partial charge in [-0.1, -0.05) is 0 Å². The molecule has 0 rings (SSSR count). The predicted octanol–water partition coefficient (Wildman–Crippen LogP) is 1.24. The van der Waals surface area contributed by atoms with Gasteiger partial charge in [-0.25, -0.2) is 0 Å². The van der Waals surface area contributed by atoms with Gasteiger partial charge in [-0.05, 0) is 0 Å². The topological polar surface area (TPSA) is 0 Å². The number of hydrogen-bond donors (Lipinski definition) is 0. The van der Waals surface area contributed by atoms with Crippen LogP contribution in [0.5, 0.6) is 0 Å². The van der Waals surface area contributed by atoms with Gasteiger partial charge in [0.25, 0.3) is 0 Å². The Hall–Kier alpha value is 1.39. The van der Waals surface area contributed by atoms with Gasteiger partial charge >= 0.3 is 47.1 Å². The van der Waals surface area contributed by atoms with Crippen LogP contribution >= 0.6 is 12.4 Å². The summed E-state index contributed by atoms with van der Waals surface area (Å²) in [4.78, 5) is 0. The summed E-state index contributed by atoms with van der Waals surface area (Å²) in [5.41, 5.74) is 0. The molecule has 0 radical (unpaired) electrons. The van der Waals surface area contributed by atoms with Crippen molar-refractivity contribution in [1.29, 1.82) is 0 Å². The first-order valence-electron chi connectivity index (χ1n) is 1.21. The standard InChI is InChI=1S/C2H5.Be.ClH.Hg.2H/c1-2;;;;;/h1H2,2H3;;1H;;;/q;+2;;;2*-1. The summed E-state index contributed by atoms with van der Waals surface area (Å²) < 4.78 is 1.44. The van der Waals surface area contributed by atoms with Crippen LogP contribution in [0, 0.1) is 0 Å². The third-order valence-electron chi connectivity index (χ3n) is 0. The summed E-state index contributed by atoms with van der Waals surface area (Å²) in [5.74, 6) is 0. The average Bonchev–Trinajstić information content (AvgIpc) is 0.918. The molecule has 0 amide bonds. The maximum Gasteiger partial charge on any atom is 2.00 e. The third-order valence-corrected chi connectivity index (χ3v) is 0. The molecule has 0 aliphatic rings. The molecule has 0 saturated heterocycles. The van der Waals surface area contributed by atoms with Gasteiger partial charge in [-0.15, -0.1) is 12.4 Å². The van der Waals surface area contributed by atoms with Crippen molar-refractivity contribution in [3.05, 3.63) is 0 Å². The molecule has 0 unspecified atom stereocenters. The Morgan fingerprint density at radius 3 is 1.80 bits per heavy atom. The molecular weight excluding hydrogens is 269 g/mol. The molecule has 0 aromatic rings.